The van der Waals surface area contributed by atoms with Crippen LogP contribution >= 0.6 is 15.9 Å². The fourth-order valence-corrected chi connectivity index (χ4v) is 2.84. The van der Waals surface area contributed by atoms with E-state index < -0.39 is 0 Å². The number of ether oxygens (including phenoxy) is 3. The van der Waals surface area contributed by atoms with Gasteiger partial charge in [-0.15, -0.1) is 0 Å². The first-order valence-corrected chi connectivity index (χ1v) is 8.88. The molecule has 0 saturated carbocycles. The number of methoxy groups -OCH3 is 2. The topological polar surface area (TPSA) is 114 Å². The van der Waals surface area contributed by atoms with Crippen molar-refractivity contribution in [1.29, 1.82) is 0 Å². The second-order valence-electron chi connectivity index (χ2n) is 5.47. The first-order chi connectivity index (χ1) is 13.1. The number of phenolic OH excluding ortho intramolecular Hbond substituents is 1. The van der Waals surface area contributed by atoms with Gasteiger partial charge in [-0.05, 0) is 33.6 Å². The van der Waals surface area contributed by atoms with Crippen molar-refractivity contribution in [1.82, 2.24) is 15.0 Å². The molecule has 1 aromatic carbocycles. The van der Waals surface area contributed by atoms with Crippen molar-refractivity contribution in [3.05, 3.63) is 22.2 Å². The van der Waals surface area contributed by atoms with Crippen LogP contribution in [0.2, 0.25) is 0 Å². The van der Waals surface area contributed by atoms with E-state index in [4.69, 9.17) is 14.2 Å². The van der Waals surface area contributed by atoms with Crippen LogP contribution in [0.25, 0.3) is 0 Å². The van der Waals surface area contributed by atoms with E-state index in [0.29, 0.717) is 48.0 Å². The van der Waals surface area contributed by atoms with Crippen LogP contribution in [0.4, 0.5) is 11.9 Å². The number of halogens is 1. The van der Waals surface area contributed by atoms with E-state index in [1.54, 1.807) is 18.3 Å². The quantitative estimate of drug-likeness (QED) is 0.512. The van der Waals surface area contributed by atoms with Crippen LogP contribution in [-0.4, -0.2) is 66.8 Å². The standard InChI is InChI=1S/C16H19BrN6O4/c1-25-12-8-10(7-11(17)13(12)24)9-18-22-14-19-15(21-16(20-14)26-2)23-3-5-27-6-4-23/h7-9,24H,3-6H2,1-2H3,(H,19,20,21,22). The van der Waals surface area contributed by atoms with Gasteiger partial charge in [0.2, 0.25) is 5.95 Å². The molecule has 0 aliphatic carbocycles. The number of hydrogen-bond donors (Lipinski definition) is 2. The number of hydrazone groups is 1. The minimum absolute atomic E-state index is 0.0277. The largest absolute Gasteiger partial charge is 0.503 e. The van der Waals surface area contributed by atoms with E-state index in [1.807, 2.05) is 4.90 Å². The van der Waals surface area contributed by atoms with Gasteiger partial charge in [-0.2, -0.15) is 20.1 Å². The third-order valence-corrected chi connectivity index (χ3v) is 4.33. The molecule has 2 N–H and O–H groups in total. The Morgan fingerprint density at radius 2 is 2.00 bits per heavy atom. The Labute approximate surface area is 164 Å². The molecule has 1 fully saturated rings. The van der Waals surface area contributed by atoms with Crippen LogP contribution in [0.5, 0.6) is 17.5 Å². The van der Waals surface area contributed by atoms with Crippen LogP contribution in [0.1, 0.15) is 5.56 Å². The molecule has 1 aliphatic heterocycles. The monoisotopic (exact) mass is 438 g/mol. The van der Waals surface area contributed by atoms with Gasteiger partial charge in [0.15, 0.2) is 11.5 Å². The maximum Gasteiger partial charge on any atom is 0.322 e. The number of aromatic hydroxyl groups is 1. The molecule has 3 rings (SSSR count). The van der Waals surface area contributed by atoms with E-state index >= 15 is 0 Å². The number of benzene rings is 1. The smallest absolute Gasteiger partial charge is 0.322 e. The molecule has 0 radical (unpaired) electrons. The molecular formula is C16H19BrN6O4. The van der Waals surface area contributed by atoms with Gasteiger partial charge in [0.25, 0.3) is 5.95 Å². The van der Waals surface area contributed by atoms with Gasteiger partial charge < -0.3 is 24.2 Å². The van der Waals surface area contributed by atoms with Gasteiger partial charge in [-0.25, -0.2) is 5.43 Å². The SMILES string of the molecule is COc1nc(NN=Cc2cc(Br)c(O)c(OC)c2)nc(N2CCOCC2)n1. The summed E-state index contributed by atoms with van der Waals surface area (Å²) in [7, 11) is 2.97. The summed E-state index contributed by atoms with van der Waals surface area (Å²) in [6.07, 6.45) is 1.55. The Morgan fingerprint density at radius 3 is 2.70 bits per heavy atom. The Balaban J connectivity index is 1.77. The predicted octanol–water partition coefficient (Wildman–Crippen LogP) is 1.64. The molecule has 2 aromatic rings. The fraction of sp³-hybridized carbons (Fsp3) is 0.375. The Bertz CT molecular complexity index is 829. The van der Waals surface area contributed by atoms with Gasteiger partial charge in [0.1, 0.15) is 0 Å². The third-order valence-electron chi connectivity index (χ3n) is 3.73. The number of nitrogens with zero attached hydrogens (tertiary/aromatic N) is 5. The minimum Gasteiger partial charge on any atom is -0.503 e. The summed E-state index contributed by atoms with van der Waals surface area (Å²) in [5.41, 5.74) is 3.48. The van der Waals surface area contributed by atoms with E-state index in [-0.39, 0.29) is 17.7 Å². The zero-order valence-corrected chi connectivity index (χ0v) is 16.4. The van der Waals surface area contributed by atoms with E-state index in [2.05, 4.69) is 41.4 Å². The Morgan fingerprint density at radius 1 is 1.22 bits per heavy atom. The van der Waals surface area contributed by atoms with Crippen LogP contribution in [0, 0.1) is 0 Å². The summed E-state index contributed by atoms with van der Waals surface area (Å²) in [6, 6.07) is 3.55. The minimum atomic E-state index is 0.0277. The number of anilines is 2. The molecule has 1 aromatic heterocycles. The Kier molecular flexibility index (Phi) is 6.24. The highest BCUT2D eigenvalue weighted by Crippen LogP contribution is 2.34. The number of rotatable bonds is 6. The van der Waals surface area contributed by atoms with Gasteiger partial charge >= 0.3 is 6.01 Å². The number of hydrogen-bond acceptors (Lipinski definition) is 10. The van der Waals surface area contributed by atoms with E-state index in [0.717, 1.165) is 0 Å². The normalized spacial score (nSPS) is 14.4. The van der Waals surface area contributed by atoms with Crippen LogP contribution < -0.4 is 19.8 Å². The number of nitrogens with one attached hydrogen (secondary N) is 1. The van der Waals surface area contributed by atoms with Crippen LogP contribution in [0.15, 0.2) is 21.7 Å². The molecule has 0 atom stereocenters. The maximum absolute atomic E-state index is 9.85. The van der Waals surface area contributed by atoms with Crippen molar-refractivity contribution >= 4 is 34.0 Å². The molecule has 27 heavy (non-hydrogen) atoms. The van der Waals surface area contributed by atoms with Gasteiger partial charge in [0, 0.05) is 13.1 Å². The summed E-state index contributed by atoms with van der Waals surface area (Å²) in [6.45, 7) is 2.62. The zero-order chi connectivity index (χ0) is 19.2. The lowest BCUT2D eigenvalue weighted by molar-refractivity contribution is 0.122. The van der Waals surface area contributed by atoms with Gasteiger partial charge in [0.05, 0.1) is 38.1 Å². The zero-order valence-electron chi connectivity index (χ0n) is 14.8. The molecule has 144 valence electrons. The molecule has 11 heteroatoms. The molecule has 0 unspecified atom stereocenters. The summed E-state index contributed by atoms with van der Waals surface area (Å²) in [5.74, 6) is 1.11. The highest BCUT2D eigenvalue weighted by Gasteiger charge is 2.16. The van der Waals surface area contributed by atoms with Crippen molar-refractivity contribution in [3.63, 3.8) is 0 Å². The predicted molar refractivity (Wildman–Crippen MR) is 103 cm³/mol. The summed E-state index contributed by atoms with van der Waals surface area (Å²) < 4.78 is 16.1. The molecule has 10 nitrogen and oxygen atoms in total. The van der Waals surface area contributed by atoms with Crippen molar-refractivity contribution < 1.29 is 19.3 Å². The fourth-order valence-electron chi connectivity index (χ4n) is 2.38. The highest BCUT2D eigenvalue weighted by atomic mass is 79.9. The lowest BCUT2D eigenvalue weighted by Gasteiger charge is -2.26. The average molecular weight is 439 g/mol. The van der Waals surface area contributed by atoms with Gasteiger partial charge in [-0.1, -0.05) is 0 Å². The van der Waals surface area contributed by atoms with Crippen molar-refractivity contribution in [2.45, 2.75) is 0 Å². The summed E-state index contributed by atoms with van der Waals surface area (Å²) in [5, 5.41) is 14.0. The number of morpholine rings is 1. The van der Waals surface area contributed by atoms with Crippen LogP contribution in [0.3, 0.4) is 0 Å². The maximum atomic E-state index is 9.85. The van der Waals surface area contributed by atoms with Crippen LogP contribution in [-0.2, 0) is 4.74 Å². The first-order valence-electron chi connectivity index (χ1n) is 8.09. The molecule has 0 bridgehead atoms. The van der Waals surface area contributed by atoms with Gasteiger partial charge in [-0.3, -0.25) is 0 Å². The first kappa shape index (κ1) is 19.1. The van der Waals surface area contributed by atoms with Crippen molar-refractivity contribution in [3.8, 4) is 17.5 Å². The van der Waals surface area contributed by atoms with Crippen molar-refractivity contribution in [2.75, 3.05) is 50.8 Å². The molecule has 1 aliphatic rings. The van der Waals surface area contributed by atoms with Crippen molar-refractivity contribution in [2.24, 2.45) is 5.10 Å². The number of phenols is 1. The Hall–Kier alpha value is -2.66. The average Bonchev–Trinajstić information content (AvgIpc) is 2.70. The lowest BCUT2D eigenvalue weighted by Crippen LogP contribution is -2.37. The molecule has 0 amide bonds. The van der Waals surface area contributed by atoms with E-state index in [9.17, 15) is 5.11 Å². The highest BCUT2D eigenvalue weighted by molar-refractivity contribution is 9.10. The second-order valence-corrected chi connectivity index (χ2v) is 6.32. The molecular weight excluding hydrogens is 420 g/mol. The molecule has 0 spiro atoms. The molecule has 1 saturated heterocycles. The summed E-state index contributed by atoms with van der Waals surface area (Å²) in [4.78, 5) is 14.8. The summed E-state index contributed by atoms with van der Waals surface area (Å²) >= 11 is 3.27. The van der Waals surface area contributed by atoms with E-state index in [1.165, 1.54) is 14.2 Å². The third kappa shape index (κ3) is 4.74. The number of aromatic nitrogens is 3. The molecule has 2 heterocycles. The second kappa shape index (κ2) is 8.82. The lowest BCUT2D eigenvalue weighted by atomic mass is 10.2.